The van der Waals surface area contributed by atoms with Crippen molar-refractivity contribution in [2.45, 2.75) is 10.8 Å². The van der Waals surface area contributed by atoms with Gasteiger partial charge in [0.05, 0.1) is 22.2 Å². The Hall–Kier alpha value is -12.7. The van der Waals surface area contributed by atoms with Crippen molar-refractivity contribution in [3.63, 3.8) is 0 Å². The molecule has 100 heavy (non-hydrogen) atoms. The van der Waals surface area contributed by atoms with Crippen molar-refractivity contribution < 1.29 is 35.8 Å². The van der Waals surface area contributed by atoms with Gasteiger partial charge in [-0.1, -0.05) is 195 Å². The predicted molar refractivity (Wildman–Crippen MR) is 389 cm³/mol. The van der Waals surface area contributed by atoms with Crippen LogP contribution in [0.1, 0.15) is 55.6 Å². The summed E-state index contributed by atoms with van der Waals surface area (Å²) in [5.41, 5.74) is 13.9. The van der Waals surface area contributed by atoms with E-state index in [0.29, 0.717) is 45.7 Å². The quantitative estimate of drug-likeness (QED) is 0.0849. The molecule has 4 nitrogen and oxygen atoms in total. The zero-order chi connectivity index (χ0) is 68.2. The Morgan fingerprint density at radius 2 is 0.590 bits per heavy atom. The summed E-state index contributed by atoms with van der Waals surface area (Å²) in [5.74, 6) is -2.45. The molecule has 0 saturated carbocycles. The second-order valence-electron chi connectivity index (χ2n) is 24.8. The summed E-state index contributed by atoms with van der Waals surface area (Å²) in [6, 6.07) is 95.1. The molecule has 482 valence electrons. The number of rotatable bonds is 17. The minimum atomic E-state index is -1.05. The van der Waals surface area contributed by atoms with E-state index in [1.165, 1.54) is 36.4 Å². The Balaban J connectivity index is 0.778. The summed E-state index contributed by atoms with van der Waals surface area (Å²) in [6.07, 6.45) is 3.53. The number of anilines is 6. The van der Waals surface area contributed by atoms with Gasteiger partial charge >= 0.3 is 0 Å². The van der Waals surface area contributed by atoms with Crippen molar-refractivity contribution in [3.8, 4) is 56.4 Å². The zero-order valence-corrected chi connectivity index (χ0v) is 53.6. The first kappa shape index (κ1) is 62.2. The summed E-state index contributed by atoms with van der Waals surface area (Å²) < 4.78 is 108. The molecule has 14 aromatic carbocycles. The fourth-order valence-corrected chi connectivity index (χ4v) is 14.7. The molecule has 14 aromatic rings. The smallest absolute Gasteiger partial charge is 0.182 e. The van der Waals surface area contributed by atoms with Crippen molar-refractivity contribution in [3.05, 3.63) is 419 Å². The van der Waals surface area contributed by atoms with E-state index in [4.69, 9.17) is 9.47 Å². The highest BCUT2D eigenvalue weighted by Gasteiger charge is 2.48. The van der Waals surface area contributed by atoms with E-state index in [1.54, 1.807) is 58.4 Å². The van der Waals surface area contributed by atoms with Gasteiger partial charge in [0.25, 0.3) is 0 Å². The third-order valence-corrected chi connectivity index (χ3v) is 19.3. The molecule has 2 atom stereocenters. The number of benzene rings is 14. The molecule has 16 rings (SSSR count). The molecule has 0 spiro atoms. The zero-order valence-electron chi connectivity index (χ0n) is 53.6. The summed E-state index contributed by atoms with van der Waals surface area (Å²) >= 11 is 0. The Morgan fingerprint density at radius 3 is 0.940 bits per heavy atom. The van der Waals surface area contributed by atoms with Crippen LogP contribution < -0.4 is 19.3 Å². The third-order valence-electron chi connectivity index (χ3n) is 19.3. The Kier molecular flexibility index (Phi) is 15.8. The maximum atomic E-state index is 16.7. The van der Waals surface area contributed by atoms with Crippen LogP contribution >= 0.6 is 0 Å². The molecule has 0 heterocycles. The number of nitrogens with zero attached hydrogens (tertiary/aromatic N) is 2. The van der Waals surface area contributed by atoms with Gasteiger partial charge in [-0.05, 0) is 235 Å². The molecule has 2 aliphatic carbocycles. The van der Waals surface area contributed by atoms with Crippen LogP contribution in [0.5, 0.6) is 23.0 Å². The molecule has 0 saturated heterocycles. The first-order valence-electron chi connectivity index (χ1n) is 32.6. The van der Waals surface area contributed by atoms with Gasteiger partial charge in [-0.3, -0.25) is 0 Å². The lowest BCUT2D eigenvalue weighted by Crippen LogP contribution is -2.29. The van der Waals surface area contributed by atoms with Gasteiger partial charge in [-0.2, -0.15) is 0 Å². The lowest BCUT2D eigenvalue weighted by Gasteiger charge is -2.35. The van der Waals surface area contributed by atoms with Crippen LogP contribution in [0.4, 0.5) is 60.5 Å². The molecule has 0 amide bonds. The molecule has 0 bridgehead atoms. The fraction of sp³-hybridized carbons (Fsp3) is 0.0222. The van der Waals surface area contributed by atoms with Crippen LogP contribution in [0.25, 0.3) is 45.5 Å². The number of ether oxygens (including phenoxy) is 2. The number of hydrogen-bond acceptors (Lipinski definition) is 4. The summed E-state index contributed by atoms with van der Waals surface area (Å²) in [7, 11) is 0. The maximum absolute atomic E-state index is 16.7. The molecule has 0 aromatic heterocycles. The average molecular weight is 1310 g/mol. The standard InChI is InChI=1S/C90H58F6N2O2/c1-3-57-19-45-71(46-20-57)99-73-49-31-63(32-50-73)89(61-27-35-65(91)36-28-61)79-13-7-5-11-75(79)77-53-43-69(55-81(77)89)97(85-17-9-15-83(93)87(85)95)67-39-23-59(24-40-67)60-25-41-68(42-26-60)98(86-18-10-16-84(94)88(86)96)70-44-54-78-76-12-6-8-14-80(76)90(82(78)56-70,62-29-37-66(92)38-30-62)64-33-51-74(52-34-64)100-72-47-21-58(4-2)22-48-72/h3-56H,1-2H2. The van der Waals surface area contributed by atoms with Gasteiger partial charge in [0.1, 0.15) is 34.6 Å². The summed E-state index contributed by atoms with van der Waals surface area (Å²) in [5, 5.41) is 0. The number of hydrogen-bond donors (Lipinski definition) is 0. The van der Waals surface area contributed by atoms with E-state index in [1.807, 2.05) is 206 Å². The lowest BCUT2D eigenvalue weighted by molar-refractivity contribution is 0.482. The van der Waals surface area contributed by atoms with Gasteiger partial charge in [0, 0.05) is 22.7 Å². The Bertz CT molecular complexity index is 5110. The highest BCUT2D eigenvalue weighted by atomic mass is 19.2. The van der Waals surface area contributed by atoms with Crippen molar-refractivity contribution >= 4 is 46.3 Å². The Labute approximate surface area is 575 Å². The molecule has 0 aliphatic heterocycles. The molecule has 0 N–H and O–H groups in total. The number of halogens is 6. The first-order chi connectivity index (χ1) is 48.9. The van der Waals surface area contributed by atoms with Crippen molar-refractivity contribution in [2.75, 3.05) is 9.80 Å². The van der Waals surface area contributed by atoms with Crippen LogP contribution in [0.2, 0.25) is 0 Å². The van der Waals surface area contributed by atoms with Crippen LogP contribution in [-0.4, -0.2) is 0 Å². The van der Waals surface area contributed by atoms with Gasteiger partial charge in [-0.25, -0.2) is 26.3 Å². The predicted octanol–water partition coefficient (Wildman–Crippen LogP) is 24.7. The van der Waals surface area contributed by atoms with Crippen molar-refractivity contribution in [2.24, 2.45) is 0 Å². The van der Waals surface area contributed by atoms with Crippen molar-refractivity contribution in [1.82, 2.24) is 0 Å². The second-order valence-corrected chi connectivity index (χ2v) is 24.8. The highest BCUT2D eigenvalue weighted by Crippen LogP contribution is 2.60. The summed E-state index contributed by atoms with van der Waals surface area (Å²) in [4.78, 5) is 3.39. The maximum Gasteiger partial charge on any atom is 0.182 e. The molecule has 2 aliphatic rings. The average Bonchev–Trinajstić information content (AvgIpc) is 1.54. The minimum Gasteiger partial charge on any atom is -0.457 e. The van der Waals surface area contributed by atoms with Crippen LogP contribution in [0, 0.1) is 34.9 Å². The molecule has 2 unspecified atom stereocenters. The fourth-order valence-electron chi connectivity index (χ4n) is 14.7. The van der Waals surface area contributed by atoms with E-state index in [9.17, 15) is 0 Å². The van der Waals surface area contributed by atoms with E-state index >= 15 is 26.3 Å². The topological polar surface area (TPSA) is 24.9 Å². The normalized spacial score (nSPS) is 14.7. The largest absolute Gasteiger partial charge is 0.457 e. The molecular formula is C90H58F6N2O2. The third kappa shape index (κ3) is 10.6. The van der Waals surface area contributed by atoms with E-state index in [0.717, 1.165) is 101 Å². The van der Waals surface area contributed by atoms with Gasteiger partial charge < -0.3 is 19.3 Å². The second kappa shape index (κ2) is 25.4. The van der Waals surface area contributed by atoms with Crippen LogP contribution in [-0.2, 0) is 10.8 Å². The molecular weight excluding hydrogens is 1250 g/mol. The van der Waals surface area contributed by atoms with Crippen LogP contribution in [0.15, 0.2) is 329 Å². The Morgan fingerprint density at radius 1 is 0.280 bits per heavy atom. The van der Waals surface area contributed by atoms with Gasteiger partial charge in [0.2, 0.25) is 0 Å². The van der Waals surface area contributed by atoms with Crippen LogP contribution in [0.3, 0.4) is 0 Å². The summed E-state index contributed by atoms with van der Waals surface area (Å²) in [6.45, 7) is 7.73. The van der Waals surface area contributed by atoms with Crippen molar-refractivity contribution in [1.29, 1.82) is 0 Å². The van der Waals surface area contributed by atoms with Gasteiger partial charge in [0.15, 0.2) is 23.3 Å². The van der Waals surface area contributed by atoms with E-state index < -0.39 is 45.7 Å². The number of fused-ring (bicyclic) bond motifs is 6. The lowest BCUT2D eigenvalue weighted by atomic mass is 9.67. The first-order valence-corrected chi connectivity index (χ1v) is 32.6. The molecule has 0 radical (unpaired) electrons. The minimum absolute atomic E-state index is 0.0353. The monoisotopic (exact) mass is 1310 g/mol. The molecule has 0 fully saturated rings. The van der Waals surface area contributed by atoms with E-state index in [-0.39, 0.29) is 11.4 Å². The molecule has 10 heteroatoms. The van der Waals surface area contributed by atoms with Gasteiger partial charge in [-0.15, -0.1) is 0 Å². The van der Waals surface area contributed by atoms with E-state index in [2.05, 4.69) is 37.4 Å². The SMILES string of the molecule is C=Cc1ccc(Oc2ccc(C3(c4ccc(F)cc4)c4ccccc4-c4ccc(N(c5ccc(-c6ccc(N(c7ccc8c(c7)C(c7ccc(F)cc7)(c7ccc(Oc9ccc(C=C)cc9)cc7)c7ccccc7-8)c7cccc(F)c7F)cc6)cc5)c5cccc(F)c5F)cc43)cc2)cc1. The highest BCUT2D eigenvalue weighted by molar-refractivity contribution is 5.92.